The van der Waals surface area contributed by atoms with Crippen LogP contribution in [-0.2, 0) is 11.3 Å². The van der Waals surface area contributed by atoms with Gasteiger partial charge in [-0.05, 0) is 28.8 Å². The van der Waals surface area contributed by atoms with Crippen LogP contribution in [0.25, 0.3) is 10.8 Å². The van der Waals surface area contributed by atoms with Crippen LogP contribution in [0.2, 0.25) is 0 Å². The fourth-order valence-electron chi connectivity index (χ4n) is 2.05. The third-order valence-corrected chi connectivity index (χ3v) is 2.80. The molecule has 0 heterocycles. The van der Waals surface area contributed by atoms with Crippen LogP contribution in [-0.4, -0.2) is 12.2 Å². The minimum absolute atomic E-state index is 0.443. The lowest BCUT2D eigenvalue weighted by Crippen LogP contribution is -1.95. The Morgan fingerprint density at radius 3 is 2.50 bits per heavy atom. The average molecular weight is 216 g/mol. The summed E-state index contributed by atoms with van der Waals surface area (Å²) >= 11 is 0. The zero-order valence-corrected chi connectivity index (χ0v) is 9.60. The minimum atomic E-state index is -0.443. The molecular weight excluding hydrogens is 200 g/mol. The molecule has 0 amide bonds. The molecule has 0 saturated heterocycles. The van der Waals surface area contributed by atoms with E-state index in [-0.39, 0.29) is 0 Å². The normalized spacial score (nSPS) is 12.9. The van der Waals surface area contributed by atoms with E-state index < -0.39 is 6.10 Å². The van der Waals surface area contributed by atoms with Crippen molar-refractivity contribution in [2.75, 3.05) is 7.11 Å². The number of rotatable bonds is 3. The second-order valence-corrected chi connectivity index (χ2v) is 3.97. The molecule has 1 unspecified atom stereocenters. The molecule has 2 nitrogen and oxygen atoms in total. The van der Waals surface area contributed by atoms with E-state index in [4.69, 9.17) is 4.74 Å². The van der Waals surface area contributed by atoms with Gasteiger partial charge in [0.2, 0.25) is 0 Å². The number of fused-ring (bicyclic) bond motifs is 1. The predicted octanol–water partition coefficient (Wildman–Crippen LogP) is 3.04. The van der Waals surface area contributed by atoms with E-state index in [0.29, 0.717) is 6.61 Å². The van der Waals surface area contributed by atoms with Gasteiger partial charge in [-0.15, -0.1) is 0 Å². The summed E-state index contributed by atoms with van der Waals surface area (Å²) in [5, 5.41) is 12.0. The first kappa shape index (κ1) is 11.1. The lowest BCUT2D eigenvalue weighted by atomic mass is 9.98. The molecule has 0 aliphatic carbocycles. The fraction of sp³-hybridized carbons (Fsp3) is 0.286. The standard InChI is InChI=1S/C14H16O2/c1-10(15)12-6-4-7-13-11(9-16-2)5-3-8-14(12)13/h3-8,10,15H,9H2,1-2H3. The van der Waals surface area contributed by atoms with Gasteiger partial charge in [-0.3, -0.25) is 0 Å². The molecule has 2 rings (SSSR count). The number of aliphatic hydroxyl groups is 1. The summed E-state index contributed by atoms with van der Waals surface area (Å²) in [7, 11) is 1.69. The van der Waals surface area contributed by atoms with Crippen LogP contribution in [0, 0.1) is 0 Å². The van der Waals surface area contributed by atoms with Crippen molar-refractivity contribution < 1.29 is 9.84 Å². The van der Waals surface area contributed by atoms with Crippen molar-refractivity contribution >= 4 is 10.8 Å². The largest absolute Gasteiger partial charge is 0.389 e. The monoisotopic (exact) mass is 216 g/mol. The number of hydrogen-bond donors (Lipinski definition) is 1. The third kappa shape index (κ3) is 1.94. The number of methoxy groups -OCH3 is 1. The van der Waals surface area contributed by atoms with E-state index in [2.05, 4.69) is 12.1 Å². The molecule has 0 fully saturated rings. The lowest BCUT2D eigenvalue weighted by molar-refractivity contribution is 0.186. The molecule has 0 spiro atoms. The SMILES string of the molecule is COCc1cccc2c(C(C)O)cccc12. The Morgan fingerprint density at radius 2 is 1.81 bits per heavy atom. The van der Waals surface area contributed by atoms with Gasteiger partial charge in [0.15, 0.2) is 0 Å². The molecule has 0 aromatic heterocycles. The molecule has 0 radical (unpaired) electrons. The highest BCUT2D eigenvalue weighted by molar-refractivity contribution is 5.88. The molecule has 16 heavy (non-hydrogen) atoms. The second kappa shape index (κ2) is 4.64. The Bertz CT molecular complexity index is 489. The van der Waals surface area contributed by atoms with Crippen LogP contribution in [0.1, 0.15) is 24.2 Å². The second-order valence-electron chi connectivity index (χ2n) is 3.97. The van der Waals surface area contributed by atoms with E-state index in [1.54, 1.807) is 14.0 Å². The predicted molar refractivity (Wildman–Crippen MR) is 65.3 cm³/mol. The first-order valence-corrected chi connectivity index (χ1v) is 5.41. The molecule has 84 valence electrons. The highest BCUT2D eigenvalue weighted by atomic mass is 16.5. The Balaban J connectivity index is 2.66. The van der Waals surface area contributed by atoms with Gasteiger partial charge in [0.25, 0.3) is 0 Å². The highest BCUT2D eigenvalue weighted by Gasteiger charge is 2.07. The van der Waals surface area contributed by atoms with Gasteiger partial charge in [-0.2, -0.15) is 0 Å². The average Bonchev–Trinajstić information content (AvgIpc) is 2.29. The number of ether oxygens (including phenoxy) is 1. The van der Waals surface area contributed by atoms with Crippen molar-refractivity contribution in [3.63, 3.8) is 0 Å². The van der Waals surface area contributed by atoms with Crippen LogP contribution in [0.5, 0.6) is 0 Å². The van der Waals surface area contributed by atoms with Gasteiger partial charge in [0.05, 0.1) is 12.7 Å². The molecule has 1 N–H and O–H groups in total. The number of aliphatic hydroxyl groups excluding tert-OH is 1. The van der Waals surface area contributed by atoms with Crippen LogP contribution < -0.4 is 0 Å². The lowest BCUT2D eigenvalue weighted by Gasteiger charge is -2.11. The highest BCUT2D eigenvalue weighted by Crippen LogP contribution is 2.26. The number of benzene rings is 2. The third-order valence-electron chi connectivity index (χ3n) is 2.80. The van der Waals surface area contributed by atoms with E-state index >= 15 is 0 Å². The molecule has 0 aliphatic heterocycles. The smallest absolute Gasteiger partial charge is 0.0767 e. The summed E-state index contributed by atoms with van der Waals surface area (Å²) in [4.78, 5) is 0. The molecular formula is C14H16O2. The molecule has 2 heteroatoms. The van der Waals surface area contributed by atoms with Gasteiger partial charge in [-0.1, -0.05) is 36.4 Å². The van der Waals surface area contributed by atoms with E-state index in [1.807, 2.05) is 24.3 Å². The first-order chi connectivity index (χ1) is 7.74. The quantitative estimate of drug-likeness (QED) is 0.854. The summed E-state index contributed by atoms with van der Waals surface area (Å²) in [5.41, 5.74) is 2.12. The first-order valence-electron chi connectivity index (χ1n) is 5.41. The van der Waals surface area contributed by atoms with Gasteiger partial charge >= 0.3 is 0 Å². The maximum atomic E-state index is 9.71. The zero-order chi connectivity index (χ0) is 11.5. The topological polar surface area (TPSA) is 29.5 Å². The maximum absolute atomic E-state index is 9.71. The summed E-state index contributed by atoms with van der Waals surface area (Å²) in [6.45, 7) is 2.39. The van der Waals surface area contributed by atoms with Crippen LogP contribution >= 0.6 is 0 Å². The van der Waals surface area contributed by atoms with Crippen molar-refractivity contribution in [3.05, 3.63) is 47.5 Å². The van der Waals surface area contributed by atoms with E-state index in [9.17, 15) is 5.11 Å². The van der Waals surface area contributed by atoms with E-state index in [0.717, 1.165) is 21.9 Å². The summed E-state index contributed by atoms with van der Waals surface area (Å²) in [6.07, 6.45) is -0.443. The van der Waals surface area contributed by atoms with Crippen molar-refractivity contribution in [3.8, 4) is 0 Å². The Labute approximate surface area is 95.5 Å². The zero-order valence-electron chi connectivity index (χ0n) is 9.60. The van der Waals surface area contributed by atoms with Crippen LogP contribution in [0.15, 0.2) is 36.4 Å². The van der Waals surface area contributed by atoms with E-state index in [1.165, 1.54) is 0 Å². The summed E-state index contributed by atoms with van der Waals surface area (Å²) in [5.74, 6) is 0. The summed E-state index contributed by atoms with van der Waals surface area (Å²) in [6, 6.07) is 12.1. The Kier molecular flexibility index (Phi) is 3.22. The minimum Gasteiger partial charge on any atom is -0.389 e. The van der Waals surface area contributed by atoms with Crippen molar-refractivity contribution in [2.45, 2.75) is 19.6 Å². The number of hydrogen-bond acceptors (Lipinski definition) is 2. The molecule has 1 atom stereocenters. The van der Waals surface area contributed by atoms with Gasteiger partial charge in [0.1, 0.15) is 0 Å². The van der Waals surface area contributed by atoms with Crippen LogP contribution in [0.4, 0.5) is 0 Å². The molecule has 0 bridgehead atoms. The van der Waals surface area contributed by atoms with Crippen molar-refractivity contribution in [2.24, 2.45) is 0 Å². The Hall–Kier alpha value is -1.38. The van der Waals surface area contributed by atoms with Crippen LogP contribution in [0.3, 0.4) is 0 Å². The van der Waals surface area contributed by atoms with Gasteiger partial charge in [-0.25, -0.2) is 0 Å². The van der Waals surface area contributed by atoms with Gasteiger partial charge in [0, 0.05) is 7.11 Å². The van der Waals surface area contributed by atoms with Gasteiger partial charge < -0.3 is 9.84 Å². The van der Waals surface area contributed by atoms with Crippen molar-refractivity contribution in [1.82, 2.24) is 0 Å². The fourth-order valence-corrected chi connectivity index (χ4v) is 2.05. The molecule has 0 saturated carbocycles. The molecule has 2 aromatic rings. The van der Waals surface area contributed by atoms with Crippen molar-refractivity contribution in [1.29, 1.82) is 0 Å². The summed E-state index contributed by atoms with van der Waals surface area (Å²) < 4.78 is 5.17. The maximum Gasteiger partial charge on any atom is 0.0767 e. The molecule has 2 aromatic carbocycles. The molecule has 0 aliphatic rings. The Morgan fingerprint density at radius 1 is 1.12 bits per heavy atom.